The zero-order chi connectivity index (χ0) is 14.3. The van der Waals surface area contributed by atoms with Crippen LogP contribution in [0.4, 0.5) is 0 Å². The van der Waals surface area contributed by atoms with Crippen LogP contribution in [0, 0.1) is 23.7 Å². The molecular formula is C13H16N4O3. The number of carbonyl (C=O) groups is 2. The molecule has 7 heteroatoms. The Hall–Kier alpha value is -2.18. The van der Waals surface area contributed by atoms with Crippen LogP contribution in [0.3, 0.4) is 0 Å². The number of rotatable bonds is 4. The fraction of sp³-hybridized carbons (Fsp3) is 0.538. The second-order valence-electron chi connectivity index (χ2n) is 5.39. The molecule has 2 aliphatic carbocycles. The van der Waals surface area contributed by atoms with Gasteiger partial charge in [0.05, 0.1) is 18.4 Å². The van der Waals surface area contributed by atoms with Crippen LogP contribution in [0.2, 0.25) is 0 Å². The number of carboxylic acids is 1. The van der Waals surface area contributed by atoms with Gasteiger partial charge in [-0.15, -0.1) is 0 Å². The Morgan fingerprint density at radius 3 is 2.70 bits per heavy atom. The minimum Gasteiger partial charge on any atom is -0.481 e. The van der Waals surface area contributed by atoms with E-state index in [9.17, 15) is 14.7 Å². The van der Waals surface area contributed by atoms with E-state index < -0.39 is 17.8 Å². The van der Waals surface area contributed by atoms with Gasteiger partial charge in [0.25, 0.3) is 0 Å². The summed E-state index contributed by atoms with van der Waals surface area (Å²) in [4.78, 5) is 27.6. The van der Waals surface area contributed by atoms with Gasteiger partial charge in [-0.1, -0.05) is 12.2 Å². The molecular weight excluding hydrogens is 260 g/mol. The normalized spacial score (nSPS) is 30.6. The Labute approximate surface area is 115 Å². The molecule has 0 aromatic carbocycles. The van der Waals surface area contributed by atoms with Crippen molar-refractivity contribution in [1.82, 2.24) is 20.1 Å². The van der Waals surface area contributed by atoms with Gasteiger partial charge in [-0.05, 0) is 18.3 Å². The molecule has 2 unspecified atom stereocenters. The molecule has 1 amide bonds. The molecule has 20 heavy (non-hydrogen) atoms. The molecule has 2 bridgehead atoms. The fourth-order valence-corrected chi connectivity index (χ4v) is 3.27. The maximum atomic E-state index is 12.3. The van der Waals surface area contributed by atoms with Crippen molar-refractivity contribution in [1.29, 1.82) is 0 Å². The summed E-state index contributed by atoms with van der Waals surface area (Å²) >= 11 is 0. The van der Waals surface area contributed by atoms with Gasteiger partial charge in [-0.25, -0.2) is 4.98 Å². The maximum Gasteiger partial charge on any atom is 0.307 e. The van der Waals surface area contributed by atoms with E-state index in [1.807, 2.05) is 12.2 Å². The van der Waals surface area contributed by atoms with Crippen LogP contribution in [-0.4, -0.2) is 31.7 Å². The molecule has 3 rings (SSSR count). The number of fused-ring (bicyclic) bond motifs is 2. The fourth-order valence-electron chi connectivity index (χ4n) is 3.27. The van der Waals surface area contributed by atoms with E-state index in [1.54, 1.807) is 18.1 Å². The highest BCUT2D eigenvalue weighted by Crippen LogP contribution is 2.48. The second kappa shape index (κ2) is 4.73. The SMILES string of the molecule is Cn1cnc(CNC(=O)[C@H]2C3C=CC(C3)[C@H]2C(=O)O)n1. The van der Waals surface area contributed by atoms with Gasteiger partial charge in [0, 0.05) is 7.05 Å². The Balaban J connectivity index is 1.67. The predicted octanol–water partition coefficient (Wildman–Crippen LogP) is -0.0458. The largest absolute Gasteiger partial charge is 0.481 e. The standard InChI is InChI=1S/C13H16N4O3/c1-17-6-15-9(16-17)5-14-12(18)10-7-2-3-8(4-7)11(10)13(19)20/h2-3,6-8,10-11H,4-5H2,1H3,(H,14,18)(H,19,20)/t7?,8?,10-,11+/m0/s1. The van der Waals surface area contributed by atoms with Crippen LogP contribution in [-0.2, 0) is 23.2 Å². The zero-order valence-electron chi connectivity index (χ0n) is 11.1. The van der Waals surface area contributed by atoms with E-state index in [-0.39, 0.29) is 24.3 Å². The molecule has 0 aliphatic heterocycles. The zero-order valence-corrected chi connectivity index (χ0v) is 11.1. The molecule has 106 valence electrons. The highest BCUT2D eigenvalue weighted by molar-refractivity contribution is 5.86. The molecule has 0 saturated heterocycles. The Morgan fingerprint density at radius 2 is 2.10 bits per heavy atom. The van der Waals surface area contributed by atoms with Gasteiger partial charge in [-0.2, -0.15) is 5.10 Å². The molecule has 4 atom stereocenters. The summed E-state index contributed by atoms with van der Waals surface area (Å²) in [6, 6.07) is 0. The van der Waals surface area contributed by atoms with E-state index in [4.69, 9.17) is 0 Å². The second-order valence-corrected chi connectivity index (χ2v) is 5.39. The molecule has 0 radical (unpaired) electrons. The van der Waals surface area contributed by atoms with Crippen LogP contribution in [0.15, 0.2) is 18.5 Å². The number of carboxylic acid groups (broad SMARTS) is 1. The number of nitrogens with one attached hydrogen (secondary N) is 1. The smallest absolute Gasteiger partial charge is 0.307 e. The van der Waals surface area contributed by atoms with Crippen LogP contribution in [0.25, 0.3) is 0 Å². The number of carbonyl (C=O) groups excluding carboxylic acids is 1. The van der Waals surface area contributed by atoms with Gasteiger partial charge in [0.2, 0.25) is 5.91 Å². The third-order valence-electron chi connectivity index (χ3n) is 4.11. The van der Waals surface area contributed by atoms with Crippen molar-refractivity contribution in [3.05, 3.63) is 24.3 Å². The number of aryl methyl sites for hydroxylation is 1. The first-order chi connectivity index (χ1) is 9.56. The molecule has 1 heterocycles. The number of hydrogen-bond acceptors (Lipinski definition) is 4. The number of amides is 1. The quantitative estimate of drug-likeness (QED) is 0.752. The Bertz CT molecular complexity index is 580. The first-order valence-electron chi connectivity index (χ1n) is 6.59. The minimum atomic E-state index is -0.891. The van der Waals surface area contributed by atoms with Crippen molar-refractivity contribution in [2.75, 3.05) is 0 Å². The van der Waals surface area contributed by atoms with E-state index in [1.165, 1.54) is 0 Å². The molecule has 1 aromatic heterocycles. The van der Waals surface area contributed by atoms with E-state index in [2.05, 4.69) is 15.4 Å². The van der Waals surface area contributed by atoms with Crippen LogP contribution in [0.1, 0.15) is 12.2 Å². The first kappa shape index (κ1) is 12.8. The third kappa shape index (κ3) is 2.09. The van der Waals surface area contributed by atoms with Gasteiger partial charge >= 0.3 is 5.97 Å². The maximum absolute atomic E-state index is 12.3. The molecule has 2 N–H and O–H groups in total. The lowest BCUT2D eigenvalue weighted by molar-refractivity contribution is -0.147. The lowest BCUT2D eigenvalue weighted by Gasteiger charge is -2.23. The highest BCUT2D eigenvalue weighted by atomic mass is 16.4. The first-order valence-corrected chi connectivity index (χ1v) is 6.59. The molecule has 0 spiro atoms. The van der Waals surface area contributed by atoms with E-state index in [0.29, 0.717) is 5.82 Å². The lowest BCUT2D eigenvalue weighted by Crippen LogP contribution is -2.40. The topological polar surface area (TPSA) is 97.1 Å². The number of nitrogens with zero attached hydrogens (tertiary/aromatic N) is 3. The molecule has 2 aliphatic rings. The predicted molar refractivity (Wildman–Crippen MR) is 68.2 cm³/mol. The van der Waals surface area contributed by atoms with E-state index >= 15 is 0 Å². The van der Waals surface area contributed by atoms with Crippen LogP contribution < -0.4 is 5.32 Å². The summed E-state index contributed by atoms with van der Waals surface area (Å²) in [5.41, 5.74) is 0. The summed E-state index contributed by atoms with van der Waals surface area (Å²) in [6.07, 6.45) is 6.21. The van der Waals surface area contributed by atoms with Crippen molar-refractivity contribution in [2.45, 2.75) is 13.0 Å². The summed E-state index contributed by atoms with van der Waals surface area (Å²) < 4.78 is 1.56. The number of allylic oxidation sites excluding steroid dienone is 2. The Morgan fingerprint density at radius 1 is 1.40 bits per heavy atom. The summed E-state index contributed by atoms with van der Waals surface area (Å²) in [6.45, 7) is 0.226. The minimum absolute atomic E-state index is 0.0128. The van der Waals surface area contributed by atoms with Crippen molar-refractivity contribution >= 4 is 11.9 Å². The Kier molecular flexibility index (Phi) is 3.04. The summed E-state index contributed by atoms with van der Waals surface area (Å²) in [7, 11) is 1.75. The van der Waals surface area contributed by atoms with Gasteiger partial charge in [0.15, 0.2) is 5.82 Å². The number of aromatic nitrogens is 3. The van der Waals surface area contributed by atoms with Gasteiger partial charge < -0.3 is 10.4 Å². The third-order valence-corrected chi connectivity index (χ3v) is 4.11. The van der Waals surface area contributed by atoms with Gasteiger partial charge in [-0.3, -0.25) is 14.3 Å². The van der Waals surface area contributed by atoms with Crippen molar-refractivity contribution in [3.63, 3.8) is 0 Å². The number of hydrogen-bond donors (Lipinski definition) is 2. The van der Waals surface area contributed by atoms with Crippen molar-refractivity contribution in [3.8, 4) is 0 Å². The van der Waals surface area contributed by atoms with E-state index in [0.717, 1.165) is 6.42 Å². The monoisotopic (exact) mass is 276 g/mol. The molecule has 1 fully saturated rings. The van der Waals surface area contributed by atoms with Crippen molar-refractivity contribution < 1.29 is 14.7 Å². The van der Waals surface area contributed by atoms with Crippen LogP contribution >= 0.6 is 0 Å². The number of aliphatic carboxylic acids is 1. The average molecular weight is 276 g/mol. The molecule has 7 nitrogen and oxygen atoms in total. The van der Waals surface area contributed by atoms with Crippen LogP contribution in [0.5, 0.6) is 0 Å². The summed E-state index contributed by atoms with van der Waals surface area (Å²) in [5, 5.41) is 16.1. The lowest BCUT2D eigenvalue weighted by atomic mass is 9.82. The van der Waals surface area contributed by atoms with Crippen molar-refractivity contribution in [2.24, 2.45) is 30.7 Å². The molecule has 1 saturated carbocycles. The summed E-state index contributed by atoms with van der Waals surface area (Å²) in [5.74, 6) is -1.65. The average Bonchev–Trinajstić information content (AvgIpc) is 3.10. The molecule has 1 aromatic rings. The highest BCUT2D eigenvalue weighted by Gasteiger charge is 2.51. The van der Waals surface area contributed by atoms with Gasteiger partial charge in [0.1, 0.15) is 6.33 Å².